The van der Waals surface area contributed by atoms with E-state index in [0.717, 1.165) is 46.4 Å². The number of aromatic nitrogens is 2. The Kier molecular flexibility index (Phi) is 12.2. The van der Waals surface area contributed by atoms with Crippen LogP contribution in [0.3, 0.4) is 0 Å². The second kappa shape index (κ2) is 18.1. The maximum atomic E-state index is 14.5. The minimum atomic E-state index is -4.49. The zero-order valence-electron chi connectivity index (χ0n) is 34.4. The standard InChI is InChI=1S/C46H40F2N6O9S/c1-61-39-23-27(10-14-38(39)63-20-5-3-4-18-49-35-8-6-7-31-42(35)46(58)54(45(31)57)37-13-16-41(55)52-43(37)56)30-17-19-50-34-12-9-26(21-32(30)34)28-22-36(44(62-2)51-25-28)53-64(59,60)40-15-11-29(47)24-33(40)48/h6-12,14-15,17,19,21-25,37,49,53H,3-5,13,16,18,20H2,1-2H3,(H,52,55,56). The quantitative estimate of drug-likeness (QED) is 0.0659. The van der Waals surface area contributed by atoms with E-state index in [1.165, 1.54) is 19.4 Å². The largest absolute Gasteiger partial charge is 0.493 e. The number of nitrogens with one attached hydrogen (secondary N) is 3. The third-order valence-electron chi connectivity index (χ3n) is 10.9. The molecule has 1 fully saturated rings. The second-order valence-corrected chi connectivity index (χ2v) is 16.6. The van der Waals surface area contributed by atoms with Gasteiger partial charge in [0.15, 0.2) is 11.5 Å². The van der Waals surface area contributed by atoms with Crippen molar-refractivity contribution in [1.29, 1.82) is 0 Å². The monoisotopic (exact) mass is 890 g/mol. The Morgan fingerprint density at radius 1 is 0.797 bits per heavy atom. The molecule has 0 saturated carbocycles. The van der Waals surface area contributed by atoms with Crippen LogP contribution >= 0.6 is 0 Å². The lowest BCUT2D eigenvalue weighted by Gasteiger charge is -2.27. The van der Waals surface area contributed by atoms with Crippen molar-refractivity contribution >= 4 is 55.9 Å². The van der Waals surface area contributed by atoms with Crippen LogP contribution < -0.4 is 29.6 Å². The molecule has 1 atom stereocenters. The smallest absolute Gasteiger partial charge is 0.264 e. The number of hydrogen-bond acceptors (Lipinski definition) is 12. The Hall–Kier alpha value is -7.47. The van der Waals surface area contributed by atoms with Crippen LogP contribution in [0.25, 0.3) is 33.2 Å². The van der Waals surface area contributed by atoms with Gasteiger partial charge in [-0.25, -0.2) is 22.2 Å². The minimum Gasteiger partial charge on any atom is -0.493 e. The SMILES string of the molecule is COc1cc(-c2ccnc3ccc(-c4cnc(OC)c(NS(=O)(=O)c5ccc(F)cc5F)c4)cc23)ccc1OCCCCCNc1cccc2c1C(=O)N(C1CCC(=O)NC1=O)C2=O. The van der Waals surface area contributed by atoms with E-state index in [9.17, 15) is 36.4 Å². The molecule has 6 aromatic rings. The molecule has 15 nitrogen and oxygen atoms in total. The number of anilines is 2. The summed E-state index contributed by atoms with van der Waals surface area (Å²) in [5.74, 6) is -3.38. The maximum absolute atomic E-state index is 14.5. The molecule has 2 aliphatic heterocycles. The van der Waals surface area contributed by atoms with E-state index in [4.69, 9.17) is 14.2 Å². The fraction of sp³-hybridized carbons (Fsp3) is 0.217. The predicted molar refractivity (Wildman–Crippen MR) is 232 cm³/mol. The molecule has 18 heteroatoms. The molecule has 0 bridgehead atoms. The number of pyridine rings is 2. The lowest BCUT2D eigenvalue weighted by Crippen LogP contribution is -2.54. The third-order valence-corrected chi connectivity index (χ3v) is 12.3. The number of imide groups is 2. The molecule has 4 amide bonds. The average molecular weight is 891 g/mol. The van der Waals surface area contributed by atoms with Crippen molar-refractivity contribution in [2.24, 2.45) is 0 Å². The number of halogens is 2. The average Bonchev–Trinajstić information content (AvgIpc) is 3.54. The van der Waals surface area contributed by atoms with Gasteiger partial charge in [-0.15, -0.1) is 0 Å². The molecular formula is C46H40F2N6O9S. The van der Waals surface area contributed by atoms with Crippen LogP contribution in [0, 0.1) is 11.6 Å². The Balaban J connectivity index is 0.904. The van der Waals surface area contributed by atoms with E-state index in [2.05, 4.69) is 25.3 Å². The summed E-state index contributed by atoms with van der Waals surface area (Å²) in [7, 11) is -1.63. The highest BCUT2D eigenvalue weighted by molar-refractivity contribution is 7.92. The molecule has 0 spiro atoms. The fourth-order valence-corrected chi connectivity index (χ4v) is 8.85. The Morgan fingerprint density at radius 3 is 2.41 bits per heavy atom. The zero-order valence-corrected chi connectivity index (χ0v) is 35.3. The molecule has 1 unspecified atom stereocenters. The predicted octanol–water partition coefficient (Wildman–Crippen LogP) is 7.12. The highest BCUT2D eigenvalue weighted by atomic mass is 32.2. The first-order chi connectivity index (χ1) is 30.9. The fourth-order valence-electron chi connectivity index (χ4n) is 7.74. The number of nitrogens with zero attached hydrogens (tertiary/aromatic N) is 3. The first-order valence-corrected chi connectivity index (χ1v) is 21.7. The summed E-state index contributed by atoms with van der Waals surface area (Å²) in [6, 6.07) is 20.6. The van der Waals surface area contributed by atoms with E-state index >= 15 is 0 Å². The number of rotatable bonds is 16. The number of carbonyl (C=O) groups is 4. The van der Waals surface area contributed by atoms with Gasteiger partial charge in [-0.05, 0) is 103 Å². The summed E-state index contributed by atoms with van der Waals surface area (Å²) >= 11 is 0. The summed E-state index contributed by atoms with van der Waals surface area (Å²) in [5.41, 5.74) is 4.39. The Labute approximate surface area is 365 Å². The van der Waals surface area contributed by atoms with Crippen LogP contribution in [0.1, 0.15) is 52.8 Å². The van der Waals surface area contributed by atoms with Crippen molar-refractivity contribution in [2.45, 2.75) is 43.0 Å². The molecule has 4 heterocycles. The molecule has 2 aliphatic rings. The number of hydrogen-bond donors (Lipinski definition) is 3. The van der Waals surface area contributed by atoms with Gasteiger partial charge < -0.3 is 19.5 Å². The van der Waals surface area contributed by atoms with Crippen LogP contribution in [0.2, 0.25) is 0 Å². The summed E-state index contributed by atoms with van der Waals surface area (Å²) in [5, 5.41) is 6.25. The summed E-state index contributed by atoms with van der Waals surface area (Å²) in [6.45, 7) is 0.919. The van der Waals surface area contributed by atoms with Crippen LogP contribution in [0.15, 0.2) is 102 Å². The third kappa shape index (κ3) is 8.63. The number of piperidine rings is 1. The molecule has 1 saturated heterocycles. The topological polar surface area (TPSA) is 195 Å². The number of benzene rings is 4. The number of amides is 4. The van der Waals surface area contributed by atoms with Crippen molar-refractivity contribution < 1.29 is 50.6 Å². The van der Waals surface area contributed by atoms with Gasteiger partial charge in [0.2, 0.25) is 17.7 Å². The molecule has 3 N–H and O–H groups in total. The van der Waals surface area contributed by atoms with Gasteiger partial charge in [0.1, 0.15) is 28.3 Å². The normalized spacial score (nSPS) is 14.9. The van der Waals surface area contributed by atoms with Gasteiger partial charge in [-0.1, -0.05) is 18.2 Å². The van der Waals surface area contributed by atoms with Crippen LogP contribution in [-0.2, 0) is 19.6 Å². The molecular weight excluding hydrogens is 851 g/mol. The zero-order chi connectivity index (χ0) is 45.1. The van der Waals surface area contributed by atoms with Crippen LogP contribution in [0.4, 0.5) is 20.2 Å². The van der Waals surface area contributed by atoms with E-state index in [1.54, 1.807) is 31.5 Å². The minimum absolute atomic E-state index is 0.0449. The van der Waals surface area contributed by atoms with E-state index in [1.807, 2.05) is 42.5 Å². The molecule has 8 rings (SSSR count). The Bertz CT molecular complexity index is 2970. The first kappa shape index (κ1) is 43.2. The van der Waals surface area contributed by atoms with E-state index in [0.29, 0.717) is 59.5 Å². The highest BCUT2D eigenvalue weighted by Gasteiger charge is 2.45. The van der Waals surface area contributed by atoms with Gasteiger partial charge in [-0.3, -0.25) is 39.1 Å². The first-order valence-electron chi connectivity index (χ1n) is 20.2. The number of ether oxygens (including phenoxy) is 3. The lowest BCUT2D eigenvalue weighted by atomic mass is 9.97. The van der Waals surface area contributed by atoms with Crippen LogP contribution in [-0.4, -0.2) is 80.3 Å². The van der Waals surface area contributed by atoms with Gasteiger partial charge >= 0.3 is 0 Å². The van der Waals surface area contributed by atoms with E-state index in [-0.39, 0.29) is 35.5 Å². The van der Waals surface area contributed by atoms with Crippen molar-refractivity contribution in [1.82, 2.24) is 20.2 Å². The van der Waals surface area contributed by atoms with Crippen molar-refractivity contribution in [3.05, 3.63) is 120 Å². The van der Waals surface area contributed by atoms with Crippen molar-refractivity contribution in [3.8, 4) is 39.6 Å². The molecule has 64 heavy (non-hydrogen) atoms. The number of sulfonamides is 1. The van der Waals surface area contributed by atoms with Gasteiger partial charge in [0.25, 0.3) is 21.8 Å². The van der Waals surface area contributed by atoms with Gasteiger partial charge in [0, 0.05) is 48.1 Å². The summed E-state index contributed by atoms with van der Waals surface area (Å²) < 4.78 is 73.7. The second-order valence-electron chi connectivity index (χ2n) is 14.9. The number of fused-ring (bicyclic) bond motifs is 2. The molecule has 328 valence electrons. The summed E-state index contributed by atoms with van der Waals surface area (Å²) in [6.07, 6.45) is 5.56. The van der Waals surface area contributed by atoms with Crippen molar-refractivity contribution in [2.75, 3.05) is 37.4 Å². The van der Waals surface area contributed by atoms with Gasteiger partial charge in [0.05, 0.1) is 37.5 Å². The number of methoxy groups -OCH3 is 2. The van der Waals surface area contributed by atoms with Gasteiger partial charge in [-0.2, -0.15) is 0 Å². The number of carbonyl (C=O) groups excluding carboxylic acids is 4. The van der Waals surface area contributed by atoms with Crippen LogP contribution in [0.5, 0.6) is 17.4 Å². The lowest BCUT2D eigenvalue weighted by molar-refractivity contribution is -0.136. The summed E-state index contributed by atoms with van der Waals surface area (Å²) in [4.78, 5) is 59.7. The highest BCUT2D eigenvalue weighted by Crippen LogP contribution is 2.38. The van der Waals surface area contributed by atoms with Crippen molar-refractivity contribution in [3.63, 3.8) is 0 Å². The molecule has 0 aliphatic carbocycles. The maximum Gasteiger partial charge on any atom is 0.264 e. The molecule has 4 aromatic carbocycles. The molecule has 2 aromatic heterocycles. The number of unbranched alkanes of at least 4 members (excludes halogenated alkanes) is 2. The molecule has 0 radical (unpaired) electrons. The van der Waals surface area contributed by atoms with E-state index < -0.39 is 56.2 Å². The Morgan fingerprint density at radius 2 is 1.62 bits per heavy atom.